The second-order valence-electron chi connectivity index (χ2n) is 4.52. The van der Waals surface area contributed by atoms with E-state index in [0.29, 0.717) is 28.6 Å². The van der Waals surface area contributed by atoms with E-state index < -0.39 is 5.97 Å². The highest BCUT2D eigenvalue weighted by Gasteiger charge is 2.19. The van der Waals surface area contributed by atoms with Crippen LogP contribution in [-0.4, -0.2) is 33.2 Å². The third-order valence-electron chi connectivity index (χ3n) is 3.11. The number of aromatic nitrogens is 3. The van der Waals surface area contributed by atoms with E-state index >= 15 is 0 Å². The Morgan fingerprint density at radius 1 is 1.48 bits per heavy atom. The summed E-state index contributed by atoms with van der Waals surface area (Å²) < 4.78 is 6.62. The molecule has 7 heteroatoms. The van der Waals surface area contributed by atoms with Crippen LogP contribution >= 0.6 is 11.6 Å². The number of carboxylic acids is 1. The van der Waals surface area contributed by atoms with Crippen molar-refractivity contribution in [3.05, 3.63) is 34.6 Å². The van der Waals surface area contributed by atoms with E-state index in [9.17, 15) is 9.90 Å². The lowest BCUT2D eigenvalue weighted by Gasteiger charge is -2.09. The van der Waals surface area contributed by atoms with Crippen molar-refractivity contribution in [3.8, 4) is 11.4 Å². The zero-order valence-electron chi connectivity index (χ0n) is 11.8. The zero-order valence-corrected chi connectivity index (χ0v) is 12.6. The van der Waals surface area contributed by atoms with Crippen molar-refractivity contribution in [1.82, 2.24) is 15.0 Å². The number of rotatable bonds is 6. The van der Waals surface area contributed by atoms with Gasteiger partial charge in [-0.3, -0.25) is 0 Å². The minimum atomic E-state index is -1.08. The Morgan fingerprint density at radius 3 is 2.81 bits per heavy atom. The molecule has 0 unspecified atom stereocenters. The van der Waals surface area contributed by atoms with Crippen LogP contribution in [0.4, 0.5) is 0 Å². The van der Waals surface area contributed by atoms with Crippen molar-refractivity contribution >= 4 is 17.6 Å². The van der Waals surface area contributed by atoms with Crippen LogP contribution in [0.15, 0.2) is 18.2 Å². The smallest absolute Gasteiger partial charge is 0.358 e. The van der Waals surface area contributed by atoms with Crippen LogP contribution in [0.3, 0.4) is 0 Å². The lowest BCUT2D eigenvalue weighted by Crippen LogP contribution is -2.07. The Kier molecular flexibility index (Phi) is 4.80. The molecule has 21 heavy (non-hydrogen) atoms. The van der Waals surface area contributed by atoms with Gasteiger partial charge < -0.3 is 9.84 Å². The molecular weight excluding hydrogens is 294 g/mol. The predicted octanol–water partition coefficient (Wildman–Crippen LogP) is 2.97. The zero-order chi connectivity index (χ0) is 15.4. The number of nitrogens with zero attached hydrogens (tertiary/aromatic N) is 3. The molecule has 0 fully saturated rings. The first-order chi connectivity index (χ1) is 10.1. The lowest BCUT2D eigenvalue weighted by atomic mass is 10.1. The second-order valence-corrected chi connectivity index (χ2v) is 4.93. The molecule has 1 N–H and O–H groups in total. The summed E-state index contributed by atoms with van der Waals surface area (Å²) in [6, 6.07) is 5.15. The van der Waals surface area contributed by atoms with Gasteiger partial charge in [0.15, 0.2) is 5.69 Å². The Bertz CT molecular complexity index is 655. The lowest BCUT2D eigenvalue weighted by molar-refractivity contribution is 0.0689. The normalized spacial score (nSPS) is 10.6. The van der Waals surface area contributed by atoms with Gasteiger partial charge in [-0.05, 0) is 31.0 Å². The average Bonchev–Trinajstić information content (AvgIpc) is 2.88. The van der Waals surface area contributed by atoms with E-state index in [1.54, 1.807) is 18.2 Å². The molecule has 0 saturated carbocycles. The molecule has 1 aromatic heterocycles. The van der Waals surface area contributed by atoms with Crippen molar-refractivity contribution in [1.29, 1.82) is 0 Å². The molecule has 0 aliphatic carbocycles. The van der Waals surface area contributed by atoms with Crippen LogP contribution in [0.2, 0.25) is 5.02 Å². The van der Waals surface area contributed by atoms with Gasteiger partial charge in [-0.2, -0.15) is 0 Å². The monoisotopic (exact) mass is 309 g/mol. The summed E-state index contributed by atoms with van der Waals surface area (Å²) in [5.74, 6) is -0.527. The number of carbonyl (C=O) groups is 1. The fraction of sp³-hybridized carbons (Fsp3) is 0.357. The molecule has 0 amide bonds. The summed E-state index contributed by atoms with van der Waals surface area (Å²) >= 11 is 6.10. The van der Waals surface area contributed by atoms with E-state index in [1.165, 1.54) is 11.8 Å². The van der Waals surface area contributed by atoms with E-state index in [2.05, 4.69) is 10.3 Å². The maximum atomic E-state index is 11.2. The number of hydrogen-bond acceptors (Lipinski definition) is 4. The molecule has 6 nitrogen and oxygen atoms in total. The highest BCUT2D eigenvalue weighted by atomic mass is 35.5. The molecule has 0 aliphatic heterocycles. The Labute approximate surface area is 127 Å². The fourth-order valence-electron chi connectivity index (χ4n) is 2.03. The van der Waals surface area contributed by atoms with Crippen LogP contribution in [0, 0.1) is 0 Å². The van der Waals surface area contributed by atoms with E-state index in [-0.39, 0.29) is 5.69 Å². The first-order valence-corrected chi connectivity index (χ1v) is 6.98. The van der Waals surface area contributed by atoms with Gasteiger partial charge in [0.1, 0.15) is 5.75 Å². The second kappa shape index (κ2) is 6.58. The molecule has 0 radical (unpaired) electrons. The largest absolute Gasteiger partial charge is 0.495 e. The van der Waals surface area contributed by atoms with Crippen molar-refractivity contribution in [2.45, 2.75) is 26.2 Å². The summed E-state index contributed by atoms with van der Waals surface area (Å²) in [7, 11) is 1.53. The number of halogens is 1. The molecular formula is C14H16ClN3O3. The maximum absolute atomic E-state index is 11.2. The van der Waals surface area contributed by atoms with Gasteiger partial charge in [-0.1, -0.05) is 30.2 Å². The third kappa shape index (κ3) is 3.16. The standard InChI is InChI=1S/C14H16ClN3O3/c1-3-4-5-11-13(14(19)20)16-17-18(11)9-6-7-12(21-2)10(15)8-9/h6-8H,3-5H2,1-2H3,(H,19,20). The minimum absolute atomic E-state index is 0.0182. The molecule has 2 aromatic rings. The molecule has 1 aromatic carbocycles. The summed E-state index contributed by atoms with van der Waals surface area (Å²) in [5.41, 5.74) is 1.22. The van der Waals surface area contributed by atoms with E-state index in [1.807, 2.05) is 6.92 Å². The topological polar surface area (TPSA) is 77.2 Å². The summed E-state index contributed by atoms with van der Waals surface area (Å²) in [4.78, 5) is 11.2. The van der Waals surface area contributed by atoms with Gasteiger partial charge in [0, 0.05) is 0 Å². The molecule has 0 atom stereocenters. The average molecular weight is 310 g/mol. The first-order valence-electron chi connectivity index (χ1n) is 6.60. The van der Waals surface area contributed by atoms with Crippen LogP contribution in [0.5, 0.6) is 5.75 Å². The van der Waals surface area contributed by atoms with Crippen LogP contribution in [0.1, 0.15) is 35.9 Å². The van der Waals surface area contributed by atoms with Gasteiger partial charge in [0.05, 0.1) is 23.5 Å². The van der Waals surface area contributed by atoms with Gasteiger partial charge in [0.2, 0.25) is 0 Å². The number of benzene rings is 1. The van der Waals surface area contributed by atoms with Crippen molar-refractivity contribution < 1.29 is 14.6 Å². The number of carboxylic acid groups (broad SMARTS) is 1. The van der Waals surface area contributed by atoms with E-state index in [4.69, 9.17) is 16.3 Å². The molecule has 112 valence electrons. The first kappa shape index (κ1) is 15.3. The summed E-state index contributed by atoms with van der Waals surface area (Å²) in [5, 5.41) is 17.3. The van der Waals surface area contributed by atoms with Gasteiger partial charge in [-0.25, -0.2) is 9.48 Å². The fourth-order valence-corrected chi connectivity index (χ4v) is 2.28. The SMILES string of the molecule is CCCCc1c(C(=O)O)nnn1-c1ccc(OC)c(Cl)c1. The number of unbranched alkanes of at least 4 members (excludes halogenated alkanes) is 1. The Balaban J connectivity index is 2.47. The van der Waals surface area contributed by atoms with Crippen molar-refractivity contribution in [3.63, 3.8) is 0 Å². The molecule has 0 aliphatic rings. The van der Waals surface area contributed by atoms with Gasteiger partial charge in [0.25, 0.3) is 0 Å². The van der Waals surface area contributed by atoms with Gasteiger partial charge >= 0.3 is 5.97 Å². The third-order valence-corrected chi connectivity index (χ3v) is 3.41. The highest BCUT2D eigenvalue weighted by molar-refractivity contribution is 6.32. The quantitative estimate of drug-likeness (QED) is 0.887. The molecule has 0 saturated heterocycles. The van der Waals surface area contributed by atoms with Crippen molar-refractivity contribution in [2.24, 2.45) is 0 Å². The Morgan fingerprint density at radius 2 is 2.24 bits per heavy atom. The summed E-state index contributed by atoms with van der Waals surface area (Å²) in [6.07, 6.45) is 2.40. The maximum Gasteiger partial charge on any atom is 0.358 e. The summed E-state index contributed by atoms with van der Waals surface area (Å²) in [6.45, 7) is 2.04. The molecule has 1 heterocycles. The minimum Gasteiger partial charge on any atom is -0.495 e. The van der Waals surface area contributed by atoms with E-state index in [0.717, 1.165) is 12.8 Å². The van der Waals surface area contributed by atoms with Gasteiger partial charge in [-0.15, -0.1) is 5.10 Å². The number of methoxy groups -OCH3 is 1. The van der Waals surface area contributed by atoms with Crippen LogP contribution < -0.4 is 4.74 Å². The molecule has 2 rings (SSSR count). The van der Waals surface area contributed by atoms with Crippen molar-refractivity contribution in [2.75, 3.05) is 7.11 Å². The number of hydrogen-bond donors (Lipinski definition) is 1. The van der Waals surface area contributed by atoms with Crippen LogP contribution in [0.25, 0.3) is 5.69 Å². The predicted molar refractivity (Wildman–Crippen MR) is 78.5 cm³/mol. The van der Waals surface area contributed by atoms with Crippen LogP contribution in [-0.2, 0) is 6.42 Å². The highest BCUT2D eigenvalue weighted by Crippen LogP contribution is 2.27. The number of ether oxygens (including phenoxy) is 1. The number of aromatic carboxylic acids is 1. The Hall–Kier alpha value is -2.08. The molecule has 0 spiro atoms. The molecule has 0 bridgehead atoms.